The van der Waals surface area contributed by atoms with Crippen LogP contribution in [-0.2, 0) is 11.3 Å². The van der Waals surface area contributed by atoms with Crippen molar-refractivity contribution in [2.75, 3.05) is 12.4 Å². The van der Waals surface area contributed by atoms with Gasteiger partial charge in [0.25, 0.3) is 5.69 Å². The van der Waals surface area contributed by atoms with Gasteiger partial charge in [0.2, 0.25) is 0 Å². The van der Waals surface area contributed by atoms with E-state index >= 15 is 0 Å². The van der Waals surface area contributed by atoms with Crippen molar-refractivity contribution in [1.82, 2.24) is 0 Å². The van der Waals surface area contributed by atoms with E-state index in [2.05, 4.69) is 10.1 Å². The lowest BCUT2D eigenvalue weighted by molar-refractivity contribution is -0.384. The molecule has 0 heterocycles. The highest BCUT2D eigenvalue weighted by atomic mass is 16.6. The molecule has 0 saturated carbocycles. The Kier molecular flexibility index (Phi) is 4.73. The van der Waals surface area contributed by atoms with Crippen molar-refractivity contribution < 1.29 is 14.5 Å². The van der Waals surface area contributed by atoms with E-state index in [1.807, 2.05) is 19.1 Å². The Balaban J connectivity index is 2.04. The molecule has 22 heavy (non-hydrogen) atoms. The molecule has 0 spiro atoms. The second kappa shape index (κ2) is 6.71. The van der Waals surface area contributed by atoms with Gasteiger partial charge in [-0.05, 0) is 36.2 Å². The smallest absolute Gasteiger partial charge is 0.337 e. The van der Waals surface area contributed by atoms with Crippen molar-refractivity contribution in [3.63, 3.8) is 0 Å². The number of hydrogen-bond donors (Lipinski definition) is 1. The number of methoxy groups -OCH3 is 1. The molecule has 0 fully saturated rings. The summed E-state index contributed by atoms with van der Waals surface area (Å²) >= 11 is 0. The molecular weight excluding hydrogens is 284 g/mol. The second-order valence-electron chi connectivity index (χ2n) is 4.80. The van der Waals surface area contributed by atoms with Gasteiger partial charge in [0.05, 0.1) is 17.6 Å². The number of esters is 1. The number of nitrogens with one attached hydrogen (secondary N) is 1. The molecule has 1 N–H and O–H groups in total. The zero-order chi connectivity index (χ0) is 16.1. The van der Waals surface area contributed by atoms with Crippen molar-refractivity contribution in [3.8, 4) is 0 Å². The van der Waals surface area contributed by atoms with Crippen LogP contribution in [-0.4, -0.2) is 18.0 Å². The number of benzene rings is 2. The molecule has 6 heteroatoms. The maximum atomic E-state index is 11.3. The standard InChI is InChI=1S/C16H16N2O4/c1-11-9-14(18(20)21)7-8-15(11)17-10-12-3-5-13(6-4-12)16(19)22-2/h3-9,17H,10H2,1-2H3. The molecule has 2 aromatic rings. The van der Waals surface area contributed by atoms with Gasteiger partial charge in [-0.2, -0.15) is 0 Å². The minimum atomic E-state index is -0.414. The second-order valence-corrected chi connectivity index (χ2v) is 4.80. The van der Waals surface area contributed by atoms with Crippen LogP contribution in [0.1, 0.15) is 21.5 Å². The van der Waals surface area contributed by atoms with Crippen LogP contribution < -0.4 is 5.32 Å². The van der Waals surface area contributed by atoms with Gasteiger partial charge in [0.1, 0.15) is 0 Å². The fourth-order valence-electron chi connectivity index (χ4n) is 2.03. The van der Waals surface area contributed by atoms with Crippen molar-refractivity contribution in [3.05, 3.63) is 69.3 Å². The number of nitro benzene ring substituents is 1. The summed E-state index contributed by atoms with van der Waals surface area (Å²) in [5, 5.41) is 13.9. The SMILES string of the molecule is COC(=O)c1ccc(CNc2ccc([N+](=O)[O-])cc2C)cc1. The van der Waals surface area contributed by atoms with Gasteiger partial charge in [-0.25, -0.2) is 4.79 Å². The molecule has 0 aliphatic heterocycles. The van der Waals surface area contributed by atoms with Crippen molar-refractivity contribution in [1.29, 1.82) is 0 Å². The van der Waals surface area contributed by atoms with Crippen LogP contribution in [0.25, 0.3) is 0 Å². The first-order chi connectivity index (χ1) is 10.5. The molecule has 0 amide bonds. The van der Waals surface area contributed by atoms with Crippen LogP contribution in [0.3, 0.4) is 0 Å². The van der Waals surface area contributed by atoms with Crippen molar-refractivity contribution >= 4 is 17.3 Å². The average molecular weight is 300 g/mol. The minimum absolute atomic E-state index is 0.0745. The van der Waals surface area contributed by atoms with E-state index in [1.165, 1.54) is 19.2 Å². The summed E-state index contributed by atoms with van der Waals surface area (Å²) in [6, 6.07) is 11.8. The number of rotatable bonds is 5. The molecule has 0 aliphatic carbocycles. The number of nitrogens with zero attached hydrogens (tertiary/aromatic N) is 1. The summed E-state index contributed by atoms with van der Waals surface area (Å²) < 4.78 is 4.64. The molecule has 6 nitrogen and oxygen atoms in total. The molecule has 0 radical (unpaired) electrons. The Morgan fingerprint density at radius 2 is 1.91 bits per heavy atom. The Labute approximate surface area is 127 Å². The summed E-state index contributed by atoms with van der Waals surface area (Å²) in [4.78, 5) is 21.6. The molecular formula is C16H16N2O4. The Bertz CT molecular complexity index is 696. The summed E-state index contributed by atoms with van der Waals surface area (Å²) in [6.45, 7) is 2.37. The molecule has 0 saturated heterocycles. The van der Waals surface area contributed by atoms with E-state index in [0.717, 1.165) is 16.8 Å². The van der Waals surface area contributed by atoms with E-state index in [1.54, 1.807) is 18.2 Å². The third kappa shape index (κ3) is 3.60. The highest BCUT2D eigenvalue weighted by Gasteiger charge is 2.08. The van der Waals surface area contributed by atoms with Crippen molar-refractivity contribution in [2.45, 2.75) is 13.5 Å². The number of aryl methyl sites for hydroxylation is 1. The predicted octanol–water partition coefficient (Wildman–Crippen LogP) is 3.30. The number of ether oxygens (including phenoxy) is 1. The lowest BCUT2D eigenvalue weighted by Gasteiger charge is -2.10. The zero-order valence-electron chi connectivity index (χ0n) is 12.3. The fourth-order valence-corrected chi connectivity index (χ4v) is 2.03. The van der Waals surface area contributed by atoms with E-state index in [-0.39, 0.29) is 11.7 Å². The summed E-state index contributed by atoms with van der Waals surface area (Å²) in [6.07, 6.45) is 0. The van der Waals surface area contributed by atoms with Gasteiger partial charge in [0, 0.05) is 24.4 Å². The molecule has 0 bridgehead atoms. The number of non-ortho nitro benzene ring substituents is 1. The average Bonchev–Trinajstić information content (AvgIpc) is 2.53. The Hall–Kier alpha value is -2.89. The summed E-state index contributed by atoms with van der Waals surface area (Å²) in [5.74, 6) is -0.370. The minimum Gasteiger partial charge on any atom is -0.465 e. The van der Waals surface area contributed by atoms with Gasteiger partial charge in [0.15, 0.2) is 0 Å². The maximum Gasteiger partial charge on any atom is 0.337 e. The van der Waals surface area contributed by atoms with Crippen molar-refractivity contribution in [2.24, 2.45) is 0 Å². The summed E-state index contributed by atoms with van der Waals surface area (Å²) in [7, 11) is 1.34. The monoisotopic (exact) mass is 300 g/mol. The van der Waals surface area contributed by atoms with Gasteiger partial charge >= 0.3 is 5.97 Å². The zero-order valence-corrected chi connectivity index (χ0v) is 12.3. The number of nitro groups is 1. The van der Waals surface area contributed by atoms with Crippen LogP contribution in [0.2, 0.25) is 0 Å². The van der Waals surface area contributed by atoms with E-state index in [4.69, 9.17) is 0 Å². The molecule has 0 atom stereocenters. The van der Waals surface area contributed by atoms with Gasteiger partial charge < -0.3 is 10.1 Å². The molecule has 114 valence electrons. The first-order valence-corrected chi connectivity index (χ1v) is 6.67. The Morgan fingerprint density at radius 3 is 2.45 bits per heavy atom. The largest absolute Gasteiger partial charge is 0.465 e. The maximum absolute atomic E-state index is 11.3. The molecule has 2 rings (SSSR count). The van der Waals surface area contributed by atoms with Gasteiger partial charge in [-0.1, -0.05) is 12.1 Å². The lowest BCUT2D eigenvalue weighted by Crippen LogP contribution is -2.04. The normalized spacial score (nSPS) is 10.1. The molecule has 0 aromatic heterocycles. The number of anilines is 1. The van der Waals surface area contributed by atoms with E-state index in [9.17, 15) is 14.9 Å². The van der Waals surface area contributed by atoms with Crippen LogP contribution in [0.15, 0.2) is 42.5 Å². The number of carbonyl (C=O) groups excluding carboxylic acids is 1. The van der Waals surface area contributed by atoms with E-state index in [0.29, 0.717) is 12.1 Å². The van der Waals surface area contributed by atoms with Crippen LogP contribution in [0.5, 0.6) is 0 Å². The fraction of sp³-hybridized carbons (Fsp3) is 0.188. The summed E-state index contributed by atoms with van der Waals surface area (Å²) in [5.41, 5.74) is 3.21. The topological polar surface area (TPSA) is 81.5 Å². The van der Waals surface area contributed by atoms with Crippen LogP contribution >= 0.6 is 0 Å². The highest BCUT2D eigenvalue weighted by Crippen LogP contribution is 2.21. The van der Waals surface area contributed by atoms with Gasteiger partial charge in [-0.3, -0.25) is 10.1 Å². The number of hydrogen-bond acceptors (Lipinski definition) is 5. The molecule has 2 aromatic carbocycles. The third-order valence-electron chi connectivity index (χ3n) is 3.28. The Morgan fingerprint density at radius 1 is 1.23 bits per heavy atom. The van der Waals surface area contributed by atoms with E-state index < -0.39 is 4.92 Å². The van der Waals surface area contributed by atoms with Crippen LogP contribution in [0.4, 0.5) is 11.4 Å². The number of carbonyl (C=O) groups is 1. The lowest BCUT2D eigenvalue weighted by atomic mass is 10.1. The molecule has 0 aliphatic rings. The highest BCUT2D eigenvalue weighted by molar-refractivity contribution is 5.89. The van der Waals surface area contributed by atoms with Crippen LogP contribution in [0, 0.1) is 17.0 Å². The molecule has 0 unspecified atom stereocenters. The first kappa shape index (κ1) is 15.5. The first-order valence-electron chi connectivity index (χ1n) is 6.67. The predicted molar refractivity (Wildman–Crippen MR) is 82.9 cm³/mol. The van der Waals surface area contributed by atoms with Gasteiger partial charge in [-0.15, -0.1) is 0 Å². The quantitative estimate of drug-likeness (QED) is 0.520. The third-order valence-corrected chi connectivity index (χ3v) is 3.28.